The van der Waals surface area contributed by atoms with E-state index in [1.165, 1.54) is 0 Å². The van der Waals surface area contributed by atoms with E-state index >= 15 is 0 Å². The van der Waals surface area contributed by atoms with Crippen LogP contribution in [0.1, 0.15) is 30.4 Å². The largest absolute Gasteiger partial charge is 0.397 e. The van der Waals surface area contributed by atoms with Gasteiger partial charge in [0, 0.05) is 37.7 Å². The van der Waals surface area contributed by atoms with Crippen LogP contribution in [0.2, 0.25) is 0 Å². The van der Waals surface area contributed by atoms with E-state index in [0.717, 1.165) is 0 Å². The number of hydrogen-bond donors (Lipinski definition) is 2. The Morgan fingerprint density at radius 2 is 2.32 bits per heavy atom. The van der Waals surface area contributed by atoms with Gasteiger partial charge in [-0.1, -0.05) is 0 Å². The maximum absolute atomic E-state index is 12.1. The Labute approximate surface area is 112 Å². The SMILES string of the molecule is CC(C)n1cc(N)cc1C(=O)NCCn1ccnc1. The highest BCUT2D eigenvalue weighted by molar-refractivity contribution is 5.93. The van der Waals surface area contributed by atoms with Crippen molar-refractivity contribution in [3.8, 4) is 0 Å². The van der Waals surface area contributed by atoms with Crippen molar-refractivity contribution in [3.05, 3.63) is 36.7 Å². The summed E-state index contributed by atoms with van der Waals surface area (Å²) in [5.74, 6) is -0.106. The van der Waals surface area contributed by atoms with Crippen molar-refractivity contribution < 1.29 is 4.79 Å². The number of hydrogen-bond acceptors (Lipinski definition) is 3. The van der Waals surface area contributed by atoms with Crippen molar-refractivity contribution in [2.75, 3.05) is 12.3 Å². The van der Waals surface area contributed by atoms with Gasteiger partial charge in [0.25, 0.3) is 5.91 Å². The Kier molecular flexibility index (Phi) is 3.89. The minimum Gasteiger partial charge on any atom is -0.397 e. The van der Waals surface area contributed by atoms with Gasteiger partial charge in [0.1, 0.15) is 5.69 Å². The molecular weight excluding hydrogens is 242 g/mol. The number of carbonyl (C=O) groups excluding carboxylic acids is 1. The van der Waals surface area contributed by atoms with Crippen molar-refractivity contribution in [2.24, 2.45) is 0 Å². The summed E-state index contributed by atoms with van der Waals surface area (Å²) in [6, 6.07) is 1.90. The summed E-state index contributed by atoms with van der Waals surface area (Å²) in [6.45, 7) is 5.28. The van der Waals surface area contributed by atoms with Gasteiger partial charge in [-0.15, -0.1) is 0 Å². The molecule has 2 aromatic heterocycles. The first kappa shape index (κ1) is 13.2. The highest BCUT2D eigenvalue weighted by atomic mass is 16.1. The molecule has 1 amide bonds. The van der Waals surface area contributed by atoms with E-state index in [4.69, 9.17) is 5.73 Å². The summed E-state index contributed by atoms with van der Waals surface area (Å²) in [5, 5.41) is 2.88. The lowest BCUT2D eigenvalue weighted by Crippen LogP contribution is -2.29. The fraction of sp³-hybridized carbons (Fsp3) is 0.385. The van der Waals surface area contributed by atoms with Crippen LogP contribution in [0.3, 0.4) is 0 Å². The fourth-order valence-corrected chi connectivity index (χ4v) is 1.92. The van der Waals surface area contributed by atoms with Crippen LogP contribution in [0.25, 0.3) is 0 Å². The van der Waals surface area contributed by atoms with Gasteiger partial charge in [-0.05, 0) is 19.9 Å². The molecule has 6 nitrogen and oxygen atoms in total. The lowest BCUT2D eigenvalue weighted by molar-refractivity contribution is 0.0941. The van der Waals surface area contributed by atoms with Gasteiger partial charge in [0.05, 0.1) is 12.0 Å². The number of aromatic nitrogens is 3. The monoisotopic (exact) mass is 261 g/mol. The second-order valence-electron chi connectivity index (χ2n) is 4.72. The number of amides is 1. The topological polar surface area (TPSA) is 77.9 Å². The normalized spacial score (nSPS) is 10.9. The molecule has 3 N–H and O–H groups in total. The molecule has 0 saturated carbocycles. The average molecular weight is 261 g/mol. The first-order valence-electron chi connectivity index (χ1n) is 6.29. The Morgan fingerprint density at radius 1 is 1.53 bits per heavy atom. The molecule has 0 radical (unpaired) electrons. The van der Waals surface area contributed by atoms with Crippen molar-refractivity contribution in [2.45, 2.75) is 26.4 Å². The van der Waals surface area contributed by atoms with Gasteiger partial charge < -0.3 is 20.2 Å². The molecule has 2 rings (SSSR count). The molecule has 2 heterocycles. The minimum absolute atomic E-state index is 0.106. The van der Waals surface area contributed by atoms with Crippen LogP contribution in [0.4, 0.5) is 5.69 Å². The Balaban J connectivity index is 1.96. The van der Waals surface area contributed by atoms with Crippen LogP contribution in [-0.4, -0.2) is 26.6 Å². The molecule has 0 aliphatic rings. The smallest absolute Gasteiger partial charge is 0.268 e. The van der Waals surface area contributed by atoms with Crippen molar-refractivity contribution in [3.63, 3.8) is 0 Å². The van der Waals surface area contributed by atoms with Crippen LogP contribution in [-0.2, 0) is 6.54 Å². The van der Waals surface area contributed by atoms with E-state index in [0.29, 0.717) is 24.5 Å². The number of nitrogens with one attached hydrogen (secondary N) is 1. The number of nitrogen functional groups attached to an aromatic ring is 1. The predicted octanol–water partition coefficient (Wildman–Crippen LogP) is 1.28. The molecule has 0 aromatic carbocycles. The van der Waals surface area contributed by atoms with Gasteiger partial charge in [-0.2, -0.15) is 0 Å². The zero-order valence-electron chi connectivity index (χ0n) is 11.2. The van der Waals surface area contributed by atoms with E-state index in [-0.39, 0.29) is 11.9 Å². The molecule has 6 heteroatoms. The standard InChI is InChI=1S/C13H19N5O/c1-10(2)18-8-11(14)7-12(18)13(19)16-4-6-17-5-3-15-9-17/h3,5,7-10H,4,6,14H2,1-2H3,(H,16,19). The third-order valence-corrected chi connectivity index (χ3v) is 2.87. The summed E-state index contributed by atoms with van der Waals surface area (Å²) in [7, 11) is 0. The highest BCUT2D eigenvalue weighted by Gasteiger charge is 2.14. The molecule has 0 spiro atoms. The number of anilines is 1. The molecule has 0 saturated heterocycles. The molecule has 0 fully saturated rings. The van der Waals surface area contributed by atoms with E-state index < -0.39 is 0 Å². The summed E-state index contributed by atoms with van der Waals surface area (Å²) < 4.78 is 3.79. The molecule has 0 aliphatic carbocycles. The third-order valence-electron chi connectivity index (χ3n) is 2.87. The Morgan fingerprint density at radius 3 is 2.95 bits per heavy atom. The van der Waals surface area contributed by atoms with E-state index in [9.17, 15) is 4.79 Å². The quantitative estimate of drug-likeness (QED) is 0.851. The van der Waals surface area contributed by atoms with Crippen LogP contribution < -0.4 is 11.1 Å². The average Bonchev–Trinajstić information content (AvgIpc) is 2.98. The summed E-state index contributed by atoms with van der Waals surface area (Å²) in [4.78, 5) is 16.0. The third kappa shape index (κ3) is 3.15. The molecule has 0 unspecified atom stereocenters. The molecule has 0 atom stereocenters. The van der Waals surface area contributed by atoms with E-state index in [1.54, 1.807) is 24.8 Å². The van der Waals surface area contributed by atoms with Crippen molar-refractivity contribution in [1.29, 1.82) is 0 Å². The number of nitrogens with zero attached hydrogens (tertiary/aromatic N) is 3. The summed E-state index contributed by atoms with van der Waals surface area (Å²) in [5.41, 5.74) is 6.95. The number of rotatable bonds is 5. The Hall–Kier alpha value is -2.24. The summed E-state index contributed by atoms with van der Waals surface area (Å²) in [6.07, 6.45) is 7.09. The highest BCUT2D eigenvalue weighted by Crippen LogP contribution is 2.16. The van der Waals surface area contributed by atoms with Crippen LogP contribution >= 0.6 is 0 Å². The second-order valence-corrected chi connectivity index (χ2v) is 4.72. The van der Waals surface area contributed by atoms with Crippen LogP contribution in [0, 0.1) is 0 Å². The van der Waals surface area contributed by atoms with E-state index in [1.807, 2.05) is 29.2 Å². The van der Waals surface area contributed by atoms with Crippen molar-refractivity contribution in [1.82, 2.24) is 19.4 Å². The van der Waals surface area contributed by atoms with Gasteiger partial charge in [-0.3, -0.25) is 4.79 Å². The zero-order valence-corrected chi connectivity index (χ0v) is 11.2. The second kappa shape index (κ2) is 5.60. The maximum atomic E-state index is 12.1. The molecular formula is C13H19N5O. The van der Waals surface area contributed by atoms with E-state index in [2.05, 4.69) is 10.3 Å². The number of imidazole rings is 1. The minimum atomic E-state index is -0.106. The lowest BCUT2D eigenvalue weighted by atomic mass is 10.3. The Bertz CT molecular complexity index is 541. The number of nitrogens with two attached hydrogens (primary N) is 1. The van der Waals surface area contributed by atoms with Gasteiger partial charge in [0.2, 0.25) is 0 Å². The van der Waals surface area contributed by atoms with Gasteiger partial charge in [-0.25, -0.2) is 4.98 Å². The van der Waals surface area contributed by atoms with Crippen LogP contribution in [0.5, 0.6) is 0 Å². The number of carbonyl (C=O) groups is 1. The molecule has 2 aromatic rings. The van der Waals surface area contributed by atoms with Crippen molar-refractivity contribution >= 4 is 11.6 Å². The molecule has 102 valence electrons. The summed E-state index contributed by atoms with van der Waals surface area (Å²) >= 11 is 0. The zero-order chi connectivity index (χ0) is 13.8. The maximum Gasteiger partial charge on any atom is 0.268 e. The first-order chi connectivity index (χ1) is 9.08. The predicted molar refractivity (Wildman–Crippen MR) is 73.8 cm³/mol. The molecule has 0 bridgehead atoms. The molecule has 19 heavy (non-hydrogen) atoms. The van der Waals surface area contributed by atoms with Gasteiger partial charge >= 0.3 is 0 Å². The molecule has 0 aliphatic heterocycles. The fourth-order valence-electron chi connectivity index (χ4n) is 1.92. The van der Waals surface area contributed by atoms with Crippen LogP contribution in [0.15, 0.2) is 31.0 Å². The van der Waals surface area contributed by atoms with Gasteiger partial charge in [0.15, 0.2) is 0 Å². The lowest BCUT2D eigenvalue weighted by Gasteiger charge is -2.12. The first-order valence-corrected chi connectivity index (χ1v) is 6.29.